The summed E-state index contributed by atoms with van der Waals surface area (Å²) in [6.07, 6.45) is 5.77. The van der Waals surface area contributed by atoms with E-state index in [4.69, 9.17) is 4.42 Å². The summed E-state index contributed by atoms with van der Waals surface area (Å²) in [5.74, 6) is 1.84. The Hall–Kier alpha value is -2.54. The van der Waals surface area contributed by atoms with E-state index in [-0.39, 0.29) is 0 Å². The molecule has 1 fully saturated rings. The summed E-state index contributed by atoms with van der Waals surface area (Å²) in [5.41, 5.74) is 0.957. The maximum absolute atomic E-state index is 5.82. The zero-order chi connectivity index (χ0) is 16.2. The van der Waals surface area contributed by atoms with Crippen LogP contribution in [-0.2, 0) is 13.1 Å². The van der Waals surface area contributed by atoms with Crippen LogP contribution >= 0.6 is 0 Å². The Kier molecular flexibility index (Phi) is 4.33. The van der Waals surface area contributed by atoms with Crippen LogP contribution in [0.1, 0.15) is 18.7 Å². The van der Waals surface area contributed by atoms with E-state index < -0.39 is 0 Å². The third-order valence-electron chi connectivity index (χ3n) is 4.36. The van der Waals surface area contributed by atoms with Crippen LogP contribution < -0.4 is 0 Å². The van der Waals surface area contributed by atoms with Gasteiger partial charge in [0.2, 0.25) is 11.8 Å². The van der Waals surface area contributed by atoms with Crippen molar-refractivity contribution in [3.05, 3.63) is 48.9 Å². The maximum atomic E-state index is 5.82. The van der Waals surface area contributed by atoms with Gasteiger partial charge < -0.3 is 4.42 Å². The third-order valence-corrected chi connectivity index (χ3v) is 4.36. The largest absolute Gasteiger partial charge is 0.419 e. The fourth-order valence-electron chi connectivity index (χ4n) is 3.24. The van der Waals surface area contributed by atoms with Gasteiger partial charge in [-0.1, -0.05) is 18.2 Å². The molecule has 0 radical (unpaired) electrons. The number of likely N-dealkylation sites (tertiary alicyclic amines) is 1. The van der Waals surface area contributed by atoms with Crippen LogP contribution in [0.5, 0.6) is 0 Å². The summed E-state index contributed by atoms with van der Waals surface area (Å²) in [4.78, 5) is 6.39. The minimum Gasteiger partial charge on any atom is -0.419 e. The van der Waals surface area contributed by atoms with Gasteiger partial charge in [0, 0.05) is 18.7 Å². The zero-order valence-corrected chi connectivity index (χ0v) is 13.5. The number of benzene rings is 1. The van der Waals surface area contributed by atoms with Gasteiger partial charge in [-0.25, -0.2) is 4.98 Å². The predicted molar refractivity (Wildman–Crippen MR) is 87.8 cm³/mol. The van der Waals surface area contributed by atoms with Crippen LogP contribution in [0.15, 0.2) is 47.4 Å². The van der Waals surface area contributed by atoms with Crippen molar-refractivity contribution in [3.8, 4) is 11.5 Å². The van der Waals surface area contributed by atoms with E-state index in [1.165, 1.54) is 12.8 Å². The second-order valence-corrected chi connectivity index (χ2v) is 6.23. The Balaban J connectivity index is 1.37. The Bertz CT molecular complexity index is 755. The minimum atomic E-state index is 0.581. The highest BCUT2D eigenvalue weighted by Gasteiger charge is 2.22. The van der Waals surface area contributed by atoms with E-state index in [1.54, 1.807) is 12.7 Å². The molecule has 3 heterocycles. The van der Waals surface area contributed by atoms with Crippen molar-refractivity contribution in [1.29, 1.82) is 0 Å². The van der Waals surface area contributed by atoms with Gasteiger partial charge in [-0.3, -0.25) is 9.58 Å². The fraction of sp³-hybridized carbons (Fsp3) is 0.412. The molecule has 0 aliphatic carbocycles. The van der Waals surface area contributed by atoms with Crippen LogP contribution in [0.25, 0.3) is 11.5 Å². The highest BCUT2D eigenvalue weighted by Crippen LogP contribution is 2.21. The minimum absolute atomic E-state index is 0.581. The van der Waals surface area contributed by atoms with Gasteiger partial charge in [-0.15, -0.1) is 10.2 Å². The van der Waals surface area contributed by atoms with Gasteiger partial charge in [0.25, 0.3) is 0 Å². The quantitative estimate of drug-likeness (QED) is 0.716. The van der Waals surface area contributed by atoms with Crippen LogP contribution in [0.2, 0.25) is 0 Å². The molecule has 0 bridgehead atoms. The van der Waals surface area contributed by atoms with E-state index in [1.807, 2.05) is 35.0 Å². The molecular formula is C17H20N6O. The van der Waals surface area contributed by atoms with E-state index in [0.717, 1.165) is 25.2 Å². The topological polar surface area (TPSA) is 72.9 Å². The summed E-state index contributed by atoms with van der Waals surface area (Å²) in [6, 6.07) is 9.87. The Labute approximate surface area is 140 Å². The average molecular weight is 324 g/mol. The molecular weight excluding hydrogens is 304 g/mol. The van der Waals surface area contributed by atoms with E-state index in [9.17, 15) is 0 Å². The van der Waals surface area contributed by atoms with E-state index in [2.05, 4.69) is 25.2 Å². The molecule has 0 N–H and O–H groups in total. The van der Waals surface area contributed by atoms with Gasteiger partial charge in [0.1, 0.15) is 12.7 Å². The number of aromatic nitrogens is 5. The van der Waals surface area contributed by atoms with Crippen molar-refractivity contribution in [2.45, 2.75) is 25.9 Å². The van der Waals surface area contributed by atoms with E-state index >= 15 is 0 Å². The second kappa shape index (κ2) is 6.92. The number of nitrogens with zero attached hydrogens (tertiary/aromatic N) is 6. The smallest absolute Gasteiger partial charge is 0.247 e. The van der Waals surface area contributed by atoms with Crippen LogP contribution in [0.3, 0.4) is 0 Å². The first-order valence-corrected chi connectivity index (χ1v) is 8.29. The lowest BCUT2D eigenvalue weighted by atomic mass is 9.98. The molecule has 3 aromatic rings. The number of rotatable bonds is 5. The van der Waals surface area contributed by atoms with Crippen LogP contribution in [0, 0.1) is 5.92 Å². The third kappa shape index (κ3) is 3.51. The second-order valence-electron chi connectivity index (χ2n) is 6.23. The molecule has 7 heteroatoms. The molecule has 0 spiro atoms. The summed E-state index contributed by atoms with van der Waals surface area (Å²) in [6.45, 7) is 3.70. The Morgan fingerprint density at radius 2 is 2.08 bits per heavy atom. The lowest BCUT2D eigenvalue weighted by Gasteiger charge is -2.31. The SMILES string of the molecule is c1ccc(-c2nnc(CN3CCC[C@H](Cn4cncn4)C3)o2)cc1. The van der Waals surface area contributed by atoms with Crippen LogP contribution in [-0.4, -0.2) is 43.0 Å². The molecule has 4 rings (SSSR count). The average Bonchev–Trinajstić information content (AvgIpc) is 3.28. The molecule has 7 nitrogen and oxygen atoms in total. The molecule has 124 valence electrons. The summed E-state index contributed by atoms with van der Waals surface area (Å²) in [7, 11) is 0. The number of piperidine rings is 1. The van der Waals surface area contributed by atoms with Gasteiger partial charge in [-0.2, -0.15) is 5.10 Å². The Morgan fingerprint density at radius 1 is 1.17 bits per heavy atom. The Morgan fingerprint density at radius 3 is 2.92 bits per heavy atom. The van der Waals surface area contributed by atoms with Crippen molar-refractivity contribution in [1.82, 2.24) is 29.9 Å². The molecule has 24 heavy (non-hydrogen) atoms. The zero-order valence-electron chi connectivity index (χ0n) is 13.5. The van der Waals surface area contributed by atoms with Gasteiger partial charge in [-0.05, 0) is 37.4 Å². The van der Waals surface area contributed by atoms with Crippen molar-refractivity contribution in [3.63, 3.8) is 0 Å². The first-order chi connectivity index (χ1) is 11.9. The van der Waals surface area contributed by atoms with Gasteiger partial charge in [0.05, 0.1) is 6.54 Å². The van der Waals surface area contributed by atoms with Crippen molar-refractivity contribution >= 4 is 0 Å². The molecule has 0 unspecified atom stereocenters. The first kappa shape index (κ1) is 15.0. The molecule has 0 amide bonds. The predicted octanol–water partition coefficient (Wildman–Crippen LogP) is 2.24. The molecule has 1 aromatic carbocycles. The molecule has 1 atom stereocenters. The summed E-state index contributed by atoms with van der Waals surface area (Å²) in [5, 5.41) is 12.6. The van der Waals surface area contributed by atoms with Crippen molar-refractivity contribution in [2.75, 3.05) is 13.1 Å². The standard InChI is InChI=1S/C17H20N6O/c1-2-6-15(7-3-1)17-21-20-16(24-17)11-22-8-4-5-14(9-22)10-23-13-18-12-19-23/h1-3,6-7,12-14H,4-5,8-11H2/t14-/m0/s1. The highest BCUT2D eigenvalue weighted by atomic mass is 16.4. The molecule has 2 aromatic heterocycles. The van der Waals surface area contributed by atoms with Crippen molar-refractivity contribution < 1.29 is 4.42 Å². The molecule has 1 aliphatic heterocycles. The lowest BCUT2D eigenvalue weighted by Crippen LogP contribution is -2.36. The number of hydrogen-bond acceptors (Lipinski definition) is 6. The summed E-state index contributed by atoms with van der Waals surface area (Å²) >= 11 is 0. The van der Waals surface area contributed by atoms with Gasteiger partial charge in [0.15, 0.2) is 0 Å². The van der Waals surface area contributed by atoms with Crippen molar-refractivity contribution in [2.24, 2.45) is 5.92 Å². The molecule has 0 saturated carbocycles. The molecule has 1 aliphatic rings. The van der Waals surface area contributed by atoms with E-state index in [0.29, 0.717) is 24.2 Å². The number of hydrogen-bond donors (Lipinski definition) is 0. The van der Waals surface area contributed by atoms with Crippen LogP contribution in [0.4, 0.5) is 0 Å². The monoisotopic (exact) mass is 324 g/mol. The summed E-state index contributed by atoms with van der Waals surface area (Å²) < 4.78 is 7.73. The maximum Gasteiger partial charge on any atom is 0.247 e. The van der Waals surface area contributed by atoms with Gasteiger partial charge >= 0.3 is 0 Å². The fourth-order valence-corrected chi connectivity index (χ4v) is 3.24. The molecule has 1 saturated heterocycles. The first-order valence-electron chi connectivity index (χ1n) is 8.29. The lowest BCUT2D eigenvalue weighted by molar-refractivity contribution is 0.142. The highest BCUT2D eigenvalue weighted by molar-refractivity contribution is 5.51. The normalized spacial score (nSPS) is 18.8.